The van der Waals surface area contributed by atoms with Gasteiger partial charge >= 0.3 is 0 Å². The van der Waals surface area contributed by atoms with Crippen LogP contribution in [0.15, 0.2) is 30.5 Å². The van der Waals surface area contributed by atoms with Crippen LogP contribution in [-0.2, 0) is 6.42 Å². The molecule has 88 valence electrons. The molecule has 1 aromatic heterocycles. The predicted octanol–water partition coefficient (Wildman–Crippen LogP) is 3.06. The van der Waals surface area contributed by atoms with Crippen molar-refractivity contribution in [2.45, 2.75) is 20.3 Å². The van der Waals surface area contributed by atoms with Crippen molar-refractivity contribution in [3.63, 3.8) is 0 Å². The van der Waals surface area contributed by atoms with Crippen molar-refractivity contribution in [3.8, 4) is 11.4 Å². The Morgan fingerprint density at radius 3 is 2.47 bits per heavy atom. The summed E-state index contributed by atoms with van der Waals surface area (Å²) in [6.45, 7) is 4.15. The van der Waals surface area contributed by atoms with Gasteiger partial charge in [-0.15, -0.1) is 0 Å². The lowest BCUT2D eigenvalue weighted by Crippen LogP contribution is -1.99. The highest BCUT2D eigenvalue weighted by Crippen LogP contribution is 2.19. The highest BCUT2D eigenvalue weighted by molar-refractivity contribution is 5.58. The number of rotatable bonds is 3. The van der Waals surface area contributed by atoms with E-state index in [0.717, 1.165) is 29.2 Å². The van der Waals surface area contributed by atoms with E-state index in [-0.39, 0.29) is 0 Å². The molecule has 0 saturated heterocycles. The van der Waals surface area contributed by atoms with Crippen LogP contribution < -0.4 is 5.32 Å². The van der Waals surface area contributed by atoms with Gasteiger partial charge in [-0.3, -0.25) is 0 Å². The first kappa shape index (κ1) is 11.6. The highest BCUT2D eigenvalue weighted by atomic mass is 15.0. The summed E-state index contributed by atoms with van der Waals surface area (Å²) < 4.78 is 0. The number of benzene rings is 1. The van der Waals surface area contributed by atoms with Crippen LogP contribution in [0.25, 0.3) is 11.4 Å². The third-order valence-corrected chi connectivity index (χ3v) is 2.83. The number of hydrogen-bond acceptors (Lipinski definition) is 3. The fraction of sp³-hybridized carbons (Fsp3) is 0.286. The van der Waals surface area contributed by atoms with E-state index < -0.39 is 0 Å². The van der Waals surface area contributed by atoms with Gasteiger partial charge in [0.25, 0.3) is 0 Å². The fourth-order valence-corrected chi connectivity index (χ4v) is 1.72. The van der Waals surface area contributed by atoms with Gasteiger partial charge in [-0.1, -0.05) is 31.2 Å². The molecule has 3 nitrogen and oxygen atoms in total. The molecule has 0 fully saturated rings. The molecule has 3 heteroatoms. The van der Waals surface area contributed by atoms with Gasteiger partial charge in [0.2, 0.25) is 0 Å². The zero-order valence-electron chi connectivity index (χ0n) is 10.5. The second-order valence-electron chi connectivity index (χ2n) is 4.03. The first-order valence-corrected chi connectivity index (χ1v) is 5.85. The maximum absolute atomic E-state index is 4.49. The third kappa shape index (κ3) is 2.44. The summed E-state index contributed by atoms with van der Waals surface area (Å²) in [5, 5.41) is 3.08. The molecule has 2 aromatic rings. The van der Waals surface area contributed by atoms with Gasteiger partial charge in [-0.2, -0.15) is 0 Å². The Balaban J connectivity index is 2.38. The first-order valence-electron chi connectivity index (χ1n) is 5.85. The number of hydrogen-bond donors (Lipinski definition) is 1. The maximum atomic E-state index is 4.49. The van der Waals surface area contributed by atoms with Crippen molar-refractivity contribution in [1.29, 1.82) is 0 Å². The first-order chi connectivity index (χ1) is 8.24. The van der Waals surface area contributed by atoms with Crippen molar-refractivity contribution in [2.75, 3.05) is 12.4 Å². The summed E-state index contributed by atoms with van der Waals surface area (Å²) in [5.41, 5.74) is 3.44. The average Bonchev–Trinajstić information content (AvgIpc) is 2.39. The van der Waals surface area contributed by atoms with E-state index in [1.807, 2.05) is 20.2 Å². The van der Waals surface area contributed by atoms with Crippen LogP contribution in [0.5, 0.6) is 0 Å². The molecule has 0 amide bonds. The summed E-state index contributed by atoms with van der Waals surface area (Å²) >= 11 is 0. The number of nitrogens with zero attached hydrogens (tertiary/aromatic N) is 2. The predicted molar refractivity (Wildman–Crippen MR) is 71.1 cm³/mol. The zero-order chi connectivity index (χ0) is 12.3. The van der Waals surface area contributed by atoms with E-state index in [9.17, 15) is 0 Å². The Morgan fingerprint density at radius 2 is 1.88 bits per heavy atom. The molecule has 1 N–H and O–H groups in total. The summed E-state index contributed by atoms with van der Waals surface area (Å²) in [7, 11) is 1.87. The Bertz CT molecular complexity index is 503. The highest BCUT2D eigenvalue weighted by Gasteiger charge is 2.04. The van der Waals surface area contributed by atoms with Gasteiger partial charge in [0, 0.05) is 24.4 Å². The molecule has 0 bridgehead atoms. The van der Waals surface area contributed by atoms with Crippen LogP contribution in [0.4, 0.5) is 5.82 Å². The van der Waals surface area contributed by atoms with Crippen LogP contribution in [0.3, 0.4) is 0 Å². The van der Waals surface area contributed by atoms with E-state index in [2.05, 4.69) is 46.5 Å². The summed E-state index contributed by atoms with van der Waals surface area (Å²) in [5.74, 6) is 1.65. The monoisotopic (exact) mass is 227 g/mol. The fourth-order valence-electron chi connectivity index (χ4n) is 1.72. The van der Waals surface area contributed by atoms with Crippen LogP contribution in [0.2, 0.25) is 0 Å². The quantitative estimate of drug-likeness (QED) is 0.875. The largest absolute Gasteiger partial charge is 0.373 e. The standard InChI is InChI=1S/C14H17N3/c1-4-11-5-7-12(8-6-11)14-16-9-10(2)13(15-3)17-14/h5-9H,4H2,1-3H3,(H,15,16,17). The normalized spacial score (nSPS) is 10.3. The Labute approximate surface area is 102 Å². The van der Waals surface area contributed by atoms with Crippen LogP contribution in [-0.4, -0.2) is 17.0 Å². The number of aryl methyl sites for hydroxylation is 2. The molecule has 2 rings (SSSR count). The second-order valence-corrected chi connectivity index (χ2v) is 4.03. The molecule has 17 heavy (non-hydrogen) atoms. The van der Waals surface area contributed by atoms with Crippen molar-refractivity contribution < 1.29 is 0 Å². The minimum absolute atomic E-state index is 0.766. The molecule has 0 aliphatic carbocycles. The van der Waals surface area contributed by atoms with Gasteiger partial charge in [0.05, 0.1) is 0 Å². The van der Waals surface area contributed by atoms with E-state index in [1.165, 1.54) is 5.56 Å². The van der Waals surface area contributed by atoms with E-state index in [0.29, 0.717) is 0 Å². The third-order valence-electron chi connectivity index (χ3n) is 2.83. The minimum atomic E-state index is 0.766. The molecule has 0 aliphatic rings. The van der Waals surface area contributed by atoms with Crippen molar-refractivity contribution in [1.82, 2.24) is 9.97 Å². The van der Waals surface area contributed by atoms with Gasteiger partial charge in [0.15, 0.2) is 5.82 Å². The lowest BCUT2D eigenvalue weighted by Gasteiger charge is -2.06. The number of aromatic nitrogens is 2. The zero-order valence-corrected chi connectivity index (χ0v) is 10.5. The lowest BCUT2D eigenvalue weighted by atomic mass is 10.1. The Hall–Kier alpha value is -1.90. The topological polar surface area (TPSA) is 37.8 Å². The average molecular weight is 227 g/mol. The van der Waals surface area contributed by atoms with Crippen molar-refractivity contribution >= 4 is 5.82 Å². The van der Waals surface area contributed by atoms with Crippen LogP contribution in [0.1, 0.15) is 18.1 Å². The van der Waals surface area contributed by atoms with E-state index in [1.54, 1.807) is 0 Å². The molecule has 0 aliphatic heterocycles. The minimum Gasteiger partial charge on any atom is -0.373 e. The smallest absolute Gasteiger partial charge is 0.161 e. The Morgan fingerprint density at radius 1 is 1.18 bits per heavy atom. The summed E-state index contributed by atoms with van der Waals surface area (Å²) in [6, 6.07) is 8.39. The molecule has 0 spiro atoms. The van der Waals surface area contributed by atoms with Crippen LogP contribution >= 0.6 is 0 Å². The molecule has 0 unspecified atom stereocenters. The molecule has 0 saturated carbocycles. The van der Waals surface area contributed by atoms with Gasteiger partial charge in [0.1, 0.15) is 5.82 Å². The molecule has 0 radical (unpaired) electrons. The SMILES string of the molecule is CCc1ccc(-c2ncc(C)c(NC)n2)cc1. The molecule has 1 heterocycles. The Kier molecular flexibility index (Phi) is 3.38. The van der Waals surface area contributed by atoms with E-state index in [4.69, 9.17) is 0 Å². The molecular formula is C14H17N3. The summed E-state index contributed by atoms with van der Waals surface area (Å²) in [4.78, 5) is 8.86. The van der Waals surface area contributed by atoms with Gasteiger partial charge in [-0.05, 0) is 18.9 Å². The molecule has 1 aromatic carbocycles. The summed E-state index contributed by atoms with van der Waals surface area (Å²) in [6.07, 6.45) is 2.90. The van der Waals surface area contributed by atoms with Crippen LogP contribution in [0, 0.1) is 6.92 Å². The van der Waals surface area contributed by atoms with Gasteiger partial charge < -0.3 is 5.32 Å². The van der Waals surface area contributed by atoms with Crippen molar-refractivity contribution in [2.24, 2.45) is 0 Å². The van der Waals surface area contributed by atoms with Gasteiger partial charge in [-0.25, -0.2) is 9.97 Å². The molecular weight excluding hydrogens is 210 g/mol. The lowest BCUT2D eigenvalue weighted by molar-refractivity contribution is 1.12. The molecule has 0 atom stereocenters. The number of nitrogens with one attached hydrogen (secondary N) is 1. The second kappa shape index (κ2) is 4.95. The maximum Gasteiger partial charge on any atom is 0.161 e. The van der Waals surface area contributed by atoms with E-state index >= 15 is 0 Å². The number of anilines is 1. The van der Waals surface area contributed by atoms with Crippen molar-refractivity contribution in [3.05, 3.63) is 41.6 Å².